The number of hydrogen-bond donors (Lipinski definition) is 1. The van der Waals surface area contributed by atoms with E-state index in [0.29, 0.717) is 11.4 Å². The summed E-state index contributed by atoms with van der Waals surface area (Å²) in [6.45, 7) is 9.63. The van der Waals surface area contributed by atoms with Gasteiger partial charge in [-0.1, -0.05) is 6.58 Å². The molecule has 1 N–H and O–H groups in total. The van der Waals surface area contributed by atoms with Crippen LogP contribution in [0.5, 0.6) is 0 Å². The fourth-order valence-corrected chi connectivity index (χ4v) is 0.722. The van der Waals surface area contributed by atoms with E-state index in [1.54, 1.807) is 18.6 Å². The summed E-state index contributed by atoms with van der Waals surface area (Å²) in [6.07, 6.45) is 4.85. The first-order valence-corrected chi connectivity index (χ1v) is 4.38. The summed E-state index contributed by atoms with van der Waals surface area (Å²) in [5.74, 6) is 0. The summed E-state index contributed by atoms with van der Waals surface area (Å²) < 4.78 is 0. The summed E-state index contributed by atoms with van der Waals surface area (Å²) >= 11 is 0. The first-order valence-electron chi connectivity index (χ1n) is 4.38. The summed E-state index contributed by atoms with van der Waals surface area (Å²) in [7, 11) is 0. The molecular formula is C10H15N3O. The van der Waals surface area contributed by atoms with Gasteiger partial charge in [-0.05, 0) is 20.8 Å². The van der Waals surface area contributed by atoms with Crippen LogP contribution in [0.15, 0.2) is 25.2 Å². The van der Waals surface area contributed by atoms with E-state index in [-0.39, 0.29) is 5.60 Å². The lowest BCUT2D eigenvalue weighted by molar-refractivity contribution is -0.0470. The zero-order chi connectivity index (χ0) is 10.6. The molecule has 0 spiro atoms. The van der Waals surface area contributed by atoms with Gasteiger partial charge in [0.2, 0.25) is 0 Å². The van der Waals surface area contributed by atoms with Gasteiger partial charge in [-0.15, -0.1) is 0 Å². The molecule has 76 valence electrons. The Kier molecular flexibility index (Phi) is 3.19. The molecule has 0 bridgehead atoms. The lowest BCUT2D eigenvalue weighted by atomic mass is 10.2. The van der Waals surface area contributed by atoms with Crippen LogP contribution in [0.2, 0.25) is 0 Å². The Hall–Kier alpha value is -1.42. The van der Waals surface area contributed by atoms with Crippen LogP contribution >= 0.6 is 0 Å². The number of aromatic nitrogens is 2. The van der Waals surface area contributed by atoms with E-state index in [2.05, 4.69) is 22.0 Å². The Labute approximate surface area is 84.0 Å². The lowest BCUT2D eigenvalue weighted by Gasteiger charge is -2.20. The minimum absolute atomic E-state index is 0.259. The summed E-state index contributed by atoms with van der Waals surface area (Å²) in [6, 6.07) is 0. The molecule has 0 aliphatic heterocycles. The molecule has 0 unspecified atom stereocenters. The van der Waals surface area contributed by atoms with E-state index in [1.807, 2.05) is 20.8 Å². The Morgan fingerprint density at radius 3 is 2.64 bits per heavy atom. The van der Waals surface area contributed by atoms with Crippen molar-refractivity contribution < 1.29 is 4.84 Å². The van der Waals surface area contributed by atoms with Gasteiger partial charge in [0.15, 0.2) is 0 Å². The lowest BCUT2D eigenvalue weighted by Crippen LogP contribution is -2.28. The maximum Gasteiger partial charge on any atom is 0.106 e. The van der Waals surface area contributed by atoms with Crippen LogP contribution in [0, 0.1) is 0 Å². The number of nitrogens with one attached hydrogen (secondary N) is 1. The molecule has 0 saturated carbocycles. The minimum Gasteiger partial charge on any atom is -0.270 e. The predicted octanol–water partition coefficient (Wildman–Crippen LogP) is 1.77. The highest BCUT2D eigenvalue weighted by atomic mass is 16.7. The third-order valence-electron chi connectivity index (χ3n) is 1.35. The van der Waals surface area contributed by atoms with E-state index in [9.17, 15) is 0 Å². The average Bonchev–Trinajstić information content (AvgIpc) is 2.14. The van der Waals surface area contributed by atoms with Crippen LogP contribution in [0.4, 0.5) is 0 Å². The van der Waals surface area contributed by atoms with Gasteiger partial charge in [0, 0.05) is 12.4 Å². The smallest absolute Gasteiger partial charge is 0.106 e. The van der Waals surface area contributed by atoms with Crippen LogP contribution < -0.4 is 5.48 Å². The van der Waals surface area contributed by atoms with Crippen molar-refractivity contribution in [1.82, 2.24) is 15.4 Å². The van der Waals surface area contributed by atoms with Crippen LogP contribution in [-0.4, -0.2) is 15.6 Å². The maximum absolute atomic E-state index is 5.33. The van der Waals surface area contributed by atoms with Crippen molar-refractivity contribution in [3.63, 3.8) is 0 Å². The van der Waals surface area contributed by atoms with Crippen molar-refractivity contribution in [2.45, 2.75) is 26.4 Å². The van der Waals surface area contributed by atoms with Gasteiger partial charge in [-0.3, -0.25) is 20.3 Å². The van der Waals surface area contributed by atoms with Crippen molar-refractivity contribution in [3.8, 4) is 0 Å². The molecular weight excluding hydrogens is 178 g/mol. The topological polar surface area (TPSA) is 47.0 Å². The molecule has 1 heterocycles. The molecule has 0 radical (unpaired) electrons. The second-order valence-corrected chi connectivity index (χ2v) is 3.89. The van der Waals surface area contributed by atoms with Crippen LogP contribution in [0.25, 0.3) is 5.70 Å². The molecule has 1 aromatic heterocycles. The van der Waals surface area contributed by atoms with Crippen LogP contribution in [-0.2, 0) is 4.84 Å². The molecule has 0 aromatic carbocycles. The molecule has 0 atom stereocenters. The molecule has 0 amide bonds. The Morgan fingerprint density at radius 1 is 1.43 bits per heavy atom. The fourth-order valence-electron chi connectivity index (χ4n) is 0.722. The Morgan fingerprint density at radius 2 is 2.14 bits per heavy atom. The third kappa shape index (κ3) is 3.53. The van der Waals surface area contributed by atoms with Crippen molar-refractivity contribution in [2.24, 2.45) is 0 Å². The van der Waals surface area contributed by atoms with Crippen molar-refractivity contribution in [2.75, 3.05) is 0 Å². The van der Waals surface area contributed by atoms with Crippen LogP contribution in [0.3, 0.4) is 0 Å². The van der Waals surface area contributed by atoms with Gasteiger partial charge < -0.3 is 0 Å². The first-order chi connectivity index (χ1) is 6.49. The Bertz CT molecular complexity index is 303. The molecule has 0 aliphatic rings. The zero-order valence-electron chi connectivity index (χ0n) is 8.74. The molecule has 4 nitrogen and oxygen atoms in total. The average molecular weight is 193 g/mol. The largest absolute Gasteiger partial charge is 0.270 e. The summed E-state index contributed by atoms with van der Waals surface area (Å²) in [5, 5.41) is 0. The second kappa shape index (κ2) is 4.19. The zero-order valence-corrected chi connectivity index (χ0v) is 8.74. The van der Waals surface area contributed by atoms with Gasteiger partial charge >= 0.3 is 0 Å². The van der Waals surface area contributed by atoms with Crippen molar-refractivity contribution >= 4 is 5.70 Å². The minimum atomic E-state index is -0.259. The monoisotopic (exact) mass is 193 g/mol. The van der Waals surface area contributed by atoms with E-state index in [4.69, 9.17) is 4.84 Å². The molecule has 0 fully saturated rings. The Balaban J connectivity index is 2.52. The summed E-state index contributed by atoms with van der Waals surface area (Å²) in [5.41, 5.74) is 3.77. The van der Waals surface area contributed by atoms with E-state index in [1.165, 1.54) is 0 Å². The highest BCUT2D eigenvalue weighted by Gasteiger charge is 2.11. The fraction of sp³-hybridized carbons (Fsp3) is 0.400. The van der Waals surface area contributed by atoms with E-state index >= 15 is 0 Å². The van der Waals surface area contributed by atoms with Crippen molar-refractivity contribution in [3.05, 3.63) is 30.9 Å². The van der Waals surface area contributed by atoms with Gasteiger partial charge in [0.05, 0.1) is 17.5 Å². The van der Waals surface area contributed by atoms with Crippen LogP contribution in [0.1, 0.15) is 26.5 Å². The normalized spacial score (nSPS) is 11.1. The first kappa shape index (κ1) is 10.7. The molecule has 0 aliphatic carbocycles. The molecule has 1 rings (SSSR count). The highest BCUT2D eigenvalue weighted by molar-refractivity contribution is 5.55. The van der Waals surface area contributed by atoms with Crippen molar-refractivity contribution in [1.29, 1.82) is 0 Å². The van der Waals surface area contributed by atoms with Gasteiger partial charge in [0.25, 0.3) is 0 Å². The second-order valence-electron chi connectivity index (χ2n) is 3.89. The number of nitrogens with zero attached hydrogens (tertiary/aromatic N) is 2. The van der Waals surface area contributed by atoms with Gasteiger partial charge in [-0.2, -0.15) is 0 Å². The molecule has 0 saturated heterocycles. The molecule has 4 heteroatoms. The van der Waals surface area contributed by atoms with E-state index in [0.717, 1.165) is 0 Å². The molecule has 1 aromatic rings. The number of rotatable bonds is 3. The maximum atomic E-state index is 5.33. The number of hydroxylamine groups is 1. The van der Waals surface area contributed by atoms with Gasteiger partial charge in [0.1, 0.15) is 5.69 Å². The predicted molar refractivity (Wildman–Crippen MR) is 55.0 cm³/mol. The number of hydrogen-bond acceptors (Lipinski definition) is 4. The SMILES string of the molecule is C=C(NOC(C)(C)C)c1cnccn1. The highest BCUT2D eigenvalue weighted by Crippen LogP contribution is 2.08. The standard InChI is InChI=1S/C10H15N3O/c1-8(13-14-10(2,3)4)9-7-11-5-6-12-9/h5-7,13H,1H2,2-4H3. The third-order valence-corrected chi connectivity index (χ3v) is 1.35. The molecule has 14 heavy (non-hydrogen) atoms. The quantitative estimate of drug-likeness (QED) is 0.743. The van der Waals surface area contributed by atoms with E-state index < -0.39 is 0 Å². The summed E-state index contributed by atoms with van der Waals surface area (Å²) in [4.78, 5) is 13.3. The van der Waals surface area contributed by atoms with Gasteiger partial charge in [-0.25, -0.2) is 0 Å².